The highest BCUT2D eigenvalue weighted by atomic mass is 16.6. The molecule has 1 aliphatic rings. The van der Waals surface area contributed by atoms with Crippen molar-refractivity contribution in [3.63, 3.8) is 0 Å². The number of benzene rings is 2. The van der Waals surface area contributed by atoms with Crippen LogP contribution >= 0.6 is 0 Å². The molecule has 0 saturated heterocycles. The average Bonchev–Trinajstić information content (AvgIpc) is 2.72. The smallest absolute Gasteiger partial charge is 0.338 e. The lowest BCUT2D eigenvalue weighted by atomic mass is 9.74. The first kappa shape index (κ1) is 18.2. The summed E-state index contributed by atoms with van der Waals surface area (Å²) in [5.74, 6) is -0.659. The van der Waals surface area contributed by atoms with E-state index < -0.39 is 11.4 Å². The summed E-state index contributed by atoms with van der Waals surface area (Å²) in [5.41, 5.74) is 0.724. The van der Waals surface area contributed by atoms with Gasteiger partial charge in [-0.15, -0.1) is 0 Å². The van der Waals surface area contributed by atoms with E-state index in [1.165, 1.54) is 0 Å². The summed E-state index contributed by atoms with van der Waals surface area (Å²) in [6.07, 6.45) is 4.39. The Hall–Kier alpha value is -2.62. The Morgan fingerprint density at radius 1 is 0.808 bits per heavy atom. The SMILES string of the molecule is O=C(OCC1(C(=O)OCc2ccccc2)CCCCC1)c1ccccc1. The number of esters is 2. The standard InChI is InChI=1S/C22H24O4/c23-20(19-12-6-2-7-13-19)26-17-22(14-8-3-9-15-22)21(24)25-16-18-10-4-1-5-11-18/h1-2,4-7,10-13H,3,8-9,14-17H2. The molecule has 4 nitrogen and oxygen atoms in total. The molecule has 0 aromatic heterocycles. The Labute approximate surface area is 154 Å². The van der Waals surface area contributed by atoms with E-state index in [1.54, 1.807) is 24.3 Å². The maximum absolute atomic E-state index is 12.8. The molecule has 1 saturated carbocycles. The van der Waals surface area contributed by atoms with Crippen molar-refractivity contribution < 1.29 is 19.1 Å². The molecule has 0 spiro atoms. The number of hydrogen-bond acceptors (Lipinski definition) is 4. The minimum atomic E-state index is -0.725. The molecule has 26 heavy (non-hydrogen) atoms. The van der Waals surface area contributed by atoms with Crippen molar-refractivity contribution >= 4 is 11.9 Å². The molecule has 0 atom stereocenters. The van der Waals surface area contributed by atoms with Crippen molar-refractivity contribution in [2.24, 2.45) is 5.41 Å². The molecule has 2 aromatic carbocycles. The minimum absolute atomic E-state index is 0.0777. The number of carbonyl (C=O) groups is 2. The molecule has 0 radical (unpaired) electrons. The first-order valence-electron chi connectivity index (χ1n) is 9.13. The van der Waals surface area contributed by atoms with Crippen LogP contribution in [0.3, 0.4) is 0 Å². The second-order valence-corrected chi connectivity index (χ2v) is 6.84. The molecule has 4 heteroatoms. The van der Waals surface area contributed by atoms with Gasteiger partial charge in [-0.25, -0.2) is 4.79 Å². The van der Waals surface area contributed by atoms with Crippen molar-refractivity contribution in [1.29, 1.82) is 0 Å². The monoisotopic (exact) mass is 352 g/mol. The van der Waals surface area contributed by atoms with E-state index in [-0.39, 0.29) is 19.2 Å². The normalized spacial score (nSPS) is 15.8. The fourth-order valence-electron chi connectivity index (χ4n) is 3.37. The van der Waals surface area contributed by atoms with Gasteiger partial charge < -0.3 is 9.47 Å². The van der Waals surface area contributed by atoms with E-state index >= 15 is 0 Å². The third kappa shape index (κ3) is 4.51. The zero-order valence-electron chi connectivity index (χ0n) is 14.9. The van der Waals surface area contributed by atoms with E-state index in [1.807, 2.05) is 36.4 Å². The average molecular weight is 352 g/mol. The van der Waals surface area contributed by atoms with Crippen molar-refractivity contribution in [3.8, 4) is 0 Å². The minimum Gasteiger partial charge on any atom is -0.461 e. The first-order chi connectivity index (χ1) is 12.7. The molecule has 3 rings (SSSR count). The topological polar surface area (TPSA) is 52.6 Å². The van der Waals surface area contributed by atoms with E-state index in [9.17, 15) is 9.59 Å². The Bertz CT molecular complexity index is 718. The van der Waals surface area contributed by atoms with E-state index in [2.05, 4.69) is 0 Å². The van der Waals surface area contributed by atoms with Gasteiger partial charge in [-0.05, 0) is 30.5 Å². The van der Waals surface area contributed by atoms with Gasteiger partial charge in [-0.3, -0.25) is 4.79 Å². The summed E-state index contributed by atoms with van der Waals surface area (Å²) in [6, 6.07) is 18.5. The van der Waals surface area contributed by atoms with Crippen LogP contribution in [0.2, 0.25) is 0 Å². The van der Waals surface area contributed by atoms with Crippen LogP contribution < -0.4 is 0 Å². The molecule has 2 aromatic rings. The third-order valence-electron chi connectivity index (χ3n) is 4.95. The number of rotatable bonds is 6. The van der Waals surface area contributed by atoms with Gasteiger partial charge in [-0.1, -0.05) is 67.8 Å². The molecule has 0 aliphatic heterocycles. The number of hydrogen-bond donors (Lipinski definition) is 0. The molecule has 0 N–H and O–H groups in total. The second kappa shape index (κ2) is 8.65. The molecule has 136 valence electrons. The van der Waals surface area contributed by atoms with Crippen LogP contribution in [0.25, 0.3) is 0 Å². The zero-order valence-corrected chi connectivity index (χ0v) is 14.9. The maximum atomic E-state index is 12.8. The first-order valence-corrected chi connectivity index (χ1v) is 9.13. The summed E-state index contributed by atoms with van der Waals surface area (Å²) in [7, 11) is 0. The van der Waals surface area contributed by atoms with Crippen LogP contribution in [0, 0.1) is 5.41 Å². The van der Waals surface area contributed by atoms with Crippen molar-refractivity contribution in [2.45, 2.75) is 38.7 Å². The summed E-state index contributed by atoms with van der Waals surface area (Å²) in [6.45, 7) is 0.322. The predicted molar refractivity (Wildman–Crippen MR) is 98.5 cm³/mol. The molecule has 0 amide bonds. The zero-order chi connectivity index (χ0) is 18.2. The van der Waals surface area contributed by atoms with Gasteiger partial charge >= 0.3 is 11.9 Å². The van der Waals surface area contributed by atoms with Gasteiger partial charge in [0, 0.05) is 0 Å². The highest BCUT2D eigenvalue weighted by molar-refractivity contribution is 5.89. The Morgan fingerprint density at radius 3 is 2.08 bits per heavy atom. The van der Waals surface area contributed by atoms with Crippen LogP contribution in [-0.2, 0) is 20.9 Å². The van der Waals surface area contributed by atoms with Gasteiger partial charge in [0.1, 0.15) is 18.6 Å². The lowest BCUT2D eigenvalue weighted by Crippen LogP contribution is -2.40. The highest BCUT2D eigenvalue weighted by Gasteiger charge is 2.42. The maximum Gasteiger partial charge on any atom is 0.338 e. The van der Waals surface area contributed by atoms with Gasteiger partial charge in [0.2, 0.25) is 0 Å². The lowest BCUT2D eigenvalue weighted by Gasteiger charge is -2.34. The molecule has 0 heterocycles. The molecular formula is C22H24O4. The van der Waals surface area contributed by atoms with E-state index in [0.717, 1.165) is 24.8 Å². The van der Waals surface area contributed by atoms with Crippen molar-refractivity contribution in [2.75, 3.05) is 6.61 Å². The fraction of sp³-hybridized carbons (Fsp3) is 0.364. The Morgan fingerprint density at radius 2 is 1.42 bits per heavy atom. The second-order valence-electron chi connectivity index (χ2n) is 6.84. The van der Waals surface area contributed by atoms with Crippen molar-refractivity contribution in [3.05, 3.63) is 71.8 Å². The predicted octanol–water partition coefficient (Wildman–Crippen LogP) is 4.54. The van der Waals surface area contributed by atoms with Gasteiger partial charge in [-0.2, -0.15) is 0 Å². The quantitative estimate of drug-likeness (QED) is 0.716. The number of carbonyl (C=O) groups excluding carboxylic acids is 2. The van der Waals surface area contributed by atoms with Gasteiger partial charge in [0.25, 0.3) is 0 Å². The molecule has 0 unspecified atom stereocenters. The largest absolute Gasteiger partial charge is 0.461 e. The van der Waals surface area contributed by atoms with Gasteiger partial charge in [0.05, 0.1) is 5.56 Å². The van der Waals surface area contributed by atoms with Crippen LogP contribution in [0.5, 0.6) is 0 Å². The van der Waals surface area contributed by atoms with Crippen LogP contribution in [0.15, 0.2) is 60.7 Å². The Kier molecular flexibility index (Phi) is 6.05. The summed E-state index contributed by atoms with van der Waals surface area (Å²) < 4.78 is 11.1. The van der Waals surface area contributed by atoms with E-state index in [0.29, 0.717) is 18.4 Å². The number of ether oxygens (including phenoxy) is 2. The lowest BCUT2D eigenvalue weighted by molar-refractivity contribution is -0.162. The van der Waals surface area contributed by atoms with E-state index in [4.69, 9.17) is 9.47 Å². The summed E-state index contributed by atoms with van der Waals surface area (Å²) >= 11 is 0. The summed E-state index contributed by atoms with van der Waals surface area (Å²) in [5, 5.41) is 0. The van der Waals surface area contributed by atoms with Crippen LogP contribution in [0.1, 0.15) is 48.0 Å². The van der Waals surface area contributed by atoms with Crippen molar-refractivity contribution in [1.82, 2.24) is 0 Å². The Balaban J connectivity index is 1.63. The molecule has 1 aliphatic carbocycles. The molecule has 0 bridgehead atoms. The highest BCUT2D eigenvalue weighted by Crippen LogP contribution is 2.38. The third-order valence-corrected chi connectivity index (χ3v) is 4.95. The van der Waals surface area contributed by atoms with Crippen LogP contribution in [0.4, 0.5) is 0 Å². The fourth-order valence-corrected chi connectivity index (χ4v) is 3.37. The molecular weight excluding hydrogens is 328 g/mol. The molecule has 1 fully saturated rings. The van der Waals surface area contributed by atoms with Gasteiger partial charge in [0.15, 0.2) is 0 Å². The summed E-state index contributed by atoms with van der Waals surface area (Å²) in [4.78, 5) is 25.1. The van der Waals surface area contributed by atoms with Crippen LogP contribution in [-0.4, -0.2) is 18.5 Å².